The van der Waals surface area contributed by atoms with Gasteiger partial charge in [-0.3, -0.25) is 4.79 Å². The number of aromatic nitrogens is 1. The van der Waals surface area contributed by atoms with Gasteiger partial charge in [-0.2, -0.15) is 13.2 Å². The number of nitrogens with two attached hydrogens (primary N) is 2. The molecule has 0 radical (unpaired) electrons. The van der Waals surface area contributed by atoms with Crippen molar-refractivity contribution in [3.8, 4) is 11.3 Å². The molecule has 5 nitrogen and oxygen atoms in total. The lowest BCUT2D eigenvalue weighted by atomic mass is 9.98. The van der Waals surface area contributed by atoms with Crippen molar-refractivity contribution in [3.63, 3.8) is 0 Å². The molecular weight excluding hydrogens is 500 g/mol. The molecule has 35 heavy (non-hydrogen) atoms. The molecule has 0 aliphatic rings. The third-order valence-corrected chi connectivity index (χ3v) is 6.76. The van der Waals surface area contributed by atoms with Gasteiger partial charge in [0.05, 0.1) is 15.5 Å². The molecule has 0 spiro atoms. The molecule has 1 aromatic heterocycles. The smallest absolute Gasteiger partial charge is 0.402 e. The first-order valence-electron chi connectivity index (χ1n) is 10.3. The average Bonchev–Trinajstić information content (AvgIpc) is 3.14. The Balaban J connectivity index is 2.14. The van der Waals surface area contributed by atoms with E-state index in [1.165, 1.54) is 49.0 Å². The minimum Gasteiger partial charge on any atom is -0.402 e. The topological polar surface area (TPSA) is 94.4 Å². The van der Waals surface area contributed by atoms with Crippen LogP contribution in [-0.4, -0.2) is 21.9 Å². The maximum atomic E-state index is 13.8. The van der Waals surface area contributed by atoms with Crippen LogP contribution in [0.3, 0.4) is 0 Å². The number of allylic oxidation sites excluding steroid dienone is 1. The first-order valence-corrected chi connectivity index (χ1v) is 12.0. The molecule has 11 heteroatoms. The Bertz CT molecular complexity index is 1290. The number of alkyl halides is 3. The van der Waals surface area contributed by atoms with Crippen LogP contribution < -0.4 is 11.5 Å². The SMILES string of the molecule is CC(N)=C(C(=Nc1nc(-c2ccc(C(F)(F)F)cc2)c(SC(C)C)s1)C(N)=O)c1cccc(F)c1. The van der Waals surface area contributed by atoms with Gasteiger partial charge in [0.25, 0.3) is 5.91 Å². The average molecular weight is 523 g/mol. The summed E-state index contributed by atoms with van der Waals surface area (Å²) in [6.07, 6.45) is -4.46. The maximum Gasteiger partial charge on any atom is 0.416 e. The lowest BCUT2D eigenvalue weighted by molar-refractivity contribution is -0.137. The fraction of sp³-hybridized carbons (Fsp3) is 0.208. The molecule has 0 unspecified atom stereocenters. The predicted octanol–water partition coefficient (Wildman–Crippen LogP) is 6.42. The highest BCUT2D eigenvalue weighted by atomic mass is 32.2. The molecule has 1 heterocycles. The van der Waals surface area contributed by atoms with Crippen molar-refractivity contribution in [3.05, 3.63) is 71.2 Å². The molecule has 3 rings (SSSR count). The van der Waals surface area contributed by atoms with Gasteiger partial charge in [-0.25, -0.2) is 14.4 Å². The van der Waals surface area contributed by atoms with Crippen LogP contribution in [0.1, 0.15) is 31.9 Å². The highest BCUT2D eigenvalue weighted by Crippen LogP contribution is 2.42. The van der Waals surface area contributed by atoms with E-state index in [0.717, 1.165) is 23.5 Å². The molecule has 2 aromatic carbocycles. The summed E-state index contributed by atoms with van der Waals surface area (Å²) in [7, 11) is 0. The standard InChI is InChI=1S/C24H22F4N4OS2/c1-12(2)34-22-19(14-7-9-16(10-8-14)24(26,27)28)31-23(35-22)32-20(21(30)33)18(13(3)29)15-5-4-6-17(25)11-15/h4-12H,29H2,1-3H3,(H2,30,33). The van der Waals surface area contributed by atoms with Gasteiger partial charge in [0.15, 0.2) is 0 Å². The van der Waals surface area contributed by atoms with Gasteiger partial charge in [-0.15, -0.1) is 11.8 Å². The van der Waals surface area contributed by atoms with Crippen LogP contribution in [0.5, 0.6) is 0 Å². The number of hydrogen-bond donors (Lipinski definition) is 2. The lowest BCUT2D eigenvalue weighted by Gasteiger charge is -2.11. The quantitative estimate of drug-likeness (QED) is 0.213. The second-order valence-electron chi connectivity index (χ2n) is 7.77. The lowest BCUT2D eigenvalue weighted by Crippen LogP contribution is -2.26. The minimum absolute atomic E-state index is 0.144. The zero-order chi connectivity index (χ0) is 25.9. The molecule has 3 aromatic rings. The molecule has 1 amide bonds. The number of nitrogens with zero attached hydrogens (tertiary/aromatic N) is 2. The second kappa shape index (κ2) is 10.6. The first-order chi connectivity index (χ1) is 16.4. The van der Waals surface area contributed by atoms with E-state index in [-0.39, 0.29) is 27.4 Å². The number of thiazole rings is 1. The normalized spacial score (nSPS) is 13.2. The van der Waals surface area contributed by atoms with Gasteiger partial charge in [0.1, 0.15) is 11.5 Å². The van der Waals surface area contributed by atoms with Crippen LogP contribution in [0.15, 0.2) is 63.4 Å². The molecule has 0 fully saturated rings. The second-order valence-corrected chi connectivity index (χ2v) is 10.6. The summed E-state index contributed by atoms with van der Waals surface area (Å²) in [5, 5.41) is 0.303. The molecule has 0 atom stereocenters. The van der Waals surface area contributed by atoms with Gasteiger partial charge in [-0.1, -0.05) is 49.4 Å². The summed E-state index contributed by atoms with van der Waals surface area (Å²) < 4.78 is 53.5. The number of amides is 1. The van der Waals surface area contributed by atoms with Gasteiger partial charge < -0.3 is 11.5 Å². The molecule has 0 saturated carbocycles. The number of aliphatic imine (C=N–C) groups is 1. The number of hydrogen-bond acceptors (Lipinski definition) is 6. The van der Waals surface area contributed by atoms with Crippen LogP contribution in [0.25, 0.3) is 16.8 Å². The third-order valence-electron chi connectivity index (χ3n) is 4.60. The number of benzene rings is 2. The zero-order valence-corrected chi connectivity index (χ0v) is 20.6. The molecule has 0 aliphatic carbocycles. The largest absolute Gasteiger partial charge is 0.416 e. The van der Waals surface area contributed by atoms with E-state index in [0.29, 0.717) is 21.0 Å². The zero-order valence-electron chi connectivity index (χ0n) is 19.0. The summed E-state index contributed by atoms with van der Waals surface area (Å²) in [5.74, 6) is -1.42. The summed E-state index contributed by atoms with van der Waals surface area (Å²) in [5.41, 5.74) is 12.2. The number of carbonyl (C=O) groups excluding carboxylic acids is 1. The molecule has 0 bridgehead atoms. The number of primary amides is 1. The van der Waals surface area contributed by atoms with Crippen LogP contribution in [0.4, 0.5) is 22.7 Å². The molecule has 0 aliphatic heterocycles. The maximum absolute atomic E-state index is 13.8. The number of carbonyl (C=O) groups is 1. The summed E-state index contributed by atoms with van der Waals surface area (Å²) in [4.78, 5) is 21.2. The fourth-order valence-corrected chi connectivity index (χ4v) is 5.56. The van der Waals surface area contributed by atoms with Gasteiger partial charge in [0.2, 0.25) is 5.13 Å². The molecule has 184 valence electrons. The molecular formula is C24H22F4N4OS2. The van der Waals surface area contributed by atoms with E-state index in [9.17, 15) is 22.4 Å². The minimum atomic E-state index is -4.46. The van der Waals surface area contributed by atoms with E-state index in [1.54, 1.807) is 6.07 Å². The number of halogens is 4. The van der Waals surface area contributed by atoms with E-state index in [1.807, 2.05) is 13.8 Å². The van der Waals surface area contributed by atoms with E-state index in [2.05, 4.69) is 9.98 Å². The summed E-state index contributed by atoms with van der Waals surface area (Å²) >= 11 is 2.62. The highest BCUT2D eigenvalue weighted by molar-refractivity contribution is 8.01. The van der Waals surface area contributed by atoms with Crippen LogP contribution in [-0.2, 0) is 11.0 Å². The van der Waals surface area contributed by atoms with Gasteiger partial charge >= 0.3 is 6.18 Å². The van der Waals surface area contributed by atoms with Crippen molar-refractivity contribution in [2.75, 3.05) is 0 Å². The van der Waals surface area contributed by atoms with Crippen LogP contribution in [0.2, 0.25) is 0 Å². The molecule has 4 N–H and O–H groups in total. The van der Waals surface area contributed by atoms with E-state index in [4.69, 9.17) is 11.5 Å². The summed E-state index contributed by atoms with van der Waals surface area (Å²) in [6, 6.07) is 10.1. The Hall–Kier alpha value is -3.18. The Labute approximate surface area is 208 Å². The van der Waals surface area contributed by atoms with Crippen molar-refractivity contribution in [1.29, 1.82) is 0 Å². The first kappa shape index (κ1) is 26.4. The van der Waals surface area contributed by atoms with Crippen molar-refractivity contribution in [1.82, 2.24) is 4.98 Å². The van der Waals surface area contributed by atoms with Crippen LogP contribution >= 0.6 is 23.1 Å². The van der Waals surface area contributed by atoms with Crippen molar-refractivity contribution >= 4 is 45.4 Å². The third kappa shape index (κ3) is 6.49. The number of thioether (sulfide) groups is 1. The predicted molar refractivity (Wildman–Crippen MR) is 133 cm³/mol. The Morgan fingerprint density at radius 2 is 1.77 bits per heavy atom. The van der Waals surface area contributed by atoms with E-state index < -0.39 is 23.5 Å². The van der Waals surface area contributed by atoms with Gasteiger partial charge in [0, 0.05) is 22.1 Å². The highest BCUT2D eigenvalue weighted by Gasteiger charge is 2.30. The van der Waals surface area contributed by atoms with E-state index >= 15 is 0 Å². The fourth-order valence-electron chi connectivity index (χ4n) is 3.16. The Morgan fingerprint density at radius 3 is 2.29 bits per heavy atom. The molecule has 0 saturated heterocycles. The number of rotatable bonds is 7. The van der Waals surface area contributed by atoms with Crippen molar-refractivity contribution in [2.45, 2.75) is 36.4 Å². The monoisotopic (exact) mass is 522 g/mol. The Kier molecular flexibility index (Phi) is 8.01. The van der Waals surface area contributed by atoms with Crippen molar-refractivity contribution in [2.24, 2.45) is 16.5 Å². The van der Waals surface area contributed by atoms with Crippen molar-refractivity contribution < 1.29 is 22.4 Å². The summed E-state index contributed by atoms with van der Waals surface area (Å²) in [6.45, 7) is 5.46. The van der Waals surface area contributed by atoms with Crippen LogP contribution in [0, 0.1) is 5.82 Å². The van der Waals surface area contributed by atoms with Gasteiger partial charge in [-0.05, 0) is 36.8 Å². The Morgan fingerprint density at radius 1 is 1.11 bits per heavy atom.